The van der Waals surface area contributed by atoms with Crippen LogP contribution in [0.2, 0.25) is 0 Å². The first-order valence-corrected chi connectivity index (χ1v) is 6.96. The van der Waals surface area contributed by atoms with Gasteiger partial charge in [0.05, 0.1) is 5.52 Å². The fraction of sp³-hybridized carbons (Fsp3) is 0.467. The Morgan fingerprint density at radius 3 is 2.68 bits per heavy atom. The molecule has 4 heteroatoms. The Kier molecular flexibility index (Phi) is 2.43. The van der Waals surface area contributed by atoms with Crippen LogP contribution in [0.4, 0.5) is 10.2 Å². The van der Waals surface area contributed by atoms with Gasteiger partial charge in [-0.15, -0.1) is 0 Å². The molecule has 4 rings (SSSR count). The van der Waals surface area contributed by atoms with Gasteiger partial charge in [0.25, 0.3) is 0 Å². The summed E-state index contributed by atoms with van der Waals surface area (Å²) in [5.41, 5.74) is 0.823. The summed E-state index contributed by atoms with van der Waals surface area (Å²) in [6.45, 7) is 2.13. The molecule has 0 spiro atoms. The molecule has 0 radical (unpaired) electrons. The van der Waals surface area contributed by atoms with Gasteiger partial charge in [0.1, 0.15) is 18.0 Å². The standard InChI is InChI=1S/C15H16FN3/c16-12-4-5-14-13(6-12)15(18-9-17-14)19-7-10-2-1-3-11(10)8-19/h4-6,9-11H,1-3,7-8H2. The summed E-state index contributed by atoms with van der Waals surface area (Å²) in [5.74, 6) is 2.29. The second kappa shape index (κ2) is 4.15. The molecule has 1 aromatic carbocycles. The Labute approximate surface area is 111 Å². The zero-order valence-corrected chi connectivity index (χ0v) is 10.7. The van der Waals surface area contributed by atoms with Crippen molar-refractivity contribution in [2.75, 3.05) is 18.0 Å². The van der Waals surface area contributed by atoms with Crippen molar-refractivity contribution >= 4 is 16.7 Å². The van der Waals surface area contributed by atoms with Crippen molar-refractivity contribution in [2.24, 2.45) is 11.8 Å². The molecule has 1 aliphatic carbocycles. The van der Waals surface area contributed by atoms with E-state index in [-0.39, 0.29) is 5.82 Å². The minimum atomic E-state index is -0.219. The third-order valence-electron chi connectivity index (χ3n) is 4.60. The molecule has 0 bridgehead atoms. The van der Waals surface area contributed by atoms with Crippen LogP contribution in [0.25, 0.3) is 10.9 Å². The van der Waals surface area contributed by atoms with E-state index in [0.717, 1.165) is 41.6 Å². The minimum Gasteiger partial charge on any atom is -0.355 e. The van der Waals surface area contributed by atoms with Crippen LogP contribution in [0.1, 0.15) is 19.3 Å². The van der Waals surface area contributed by atoms with E-state index >= 15 is 0 Å². The Balaban J connectivity index is 1.77. The van der Waals surface area contributed by atoms with Crippen LogP contribution in [0.3, 0.4) is 0 Å². The zero-order chi connectivity index (χ0) is 12.8. The highest BCUT2D eigenvalue weighted by Gasteiger charge is 2.36. The summed E-state index contributed by atoms with van der Waals surface area (Å²) in [7, 11) is 0. The minimum absolute atomic E-state index is 0.219. The molecule has 19 heavy (non-hydrogen) atoms. The summed E-state index contributed by atoms with van der Waals surface area (Å²) >= 11 is 0. The number of halogens is 1. The van der Waals surface area contributed by atoms with Gasteiger partial charge in [-0.25, -0.2) is 14.4 Å². The fourth-order valence-corrected chi connectivity index (χ4v) is 3.68. The third kappa shape index (κ3) is 1.78. The first-order chi connectivity index (χ1) is 9.31. The molecule has 2 aromatic rings. The fourth-order valence-electron chi connectivity index (χ4n) is 3.68. The highest BCUT2D eigenvalue weighted by Crippen LogP contribution is 2.40. The average molecular weight is 257 g/mol. The van der Waals surface area contributed by atoms with Crippen LogP contribution in [0.5, 0.6) is 0 Å². The summed E-state index contributed by atoms with van der Waals surface area (Å²) in [5, 5.41) is 0.836. The maximum absolute atomic E-state index is 13.5. The lowest BCUT2D eigenvalue weighted by atomic mass is 10.0. The van der Waals surface area contributed by atoms with Crippen molar-refractivity contribution in [3.63, 3.8) is 0 Å². The molecule has 0 N–H and O–H groups in total. The Bertz CT molecular complexity index is 616. The second-order valence-corrected chi connectivity index (χ2v) is 5.71. The number of aromatic nitrogens is 2. The molecule has 2 atom stereocenters. The van der Waals surface area contributed by atoms with E-state index in [0.29, 0.717) is 0 Å². The molecule has 1 saturated heterocycles. The molecule has 2 unspecified atom stereocenters. The predicted octanol–water partition coefficient (Wildman–Crippen LogP) is 3.01. The number of anilines is 1. The SMILES string of the molecule is Fc1ccc2ncnc(N3CC4CCCC4C3)c2c1. The highest BCUT2D eigenvalue weighted by molar-refractivity contribution is 5.89. The van der Waals surface area contributed by atoms with Gasteiger partial charge < -0.3 is 4.90 Å². The Hall–Kier alpha value is -1.71. The van der Waals surface area contributed by atoms with Crippen molar-refractivity contribution in [2.45, 2.75) is 19.3 Å². The Morgan fingerprint density at radius 1 is 1.11 bits per heavy atom. The van der Waals surface area contributed by atoms with Gasteiger partial charge in [0, 0.05) is 18.5 Å². The van der Waals surface area contributed by atoms with Gasteiger partial charge in [-0.3, -0.25) is 0 Å². The number of nitrogens with zero attached hydrogens (tertiary/aromatic N) is 3. The lowest BCUT2D eigenvalue weighted by Gasteiger charge is -2.19. The van der Waals surface area contributed by atoms with Gasteiger partial charge in [0.2, 0.25) is 0 Å². The van der Waals surface area contributed by atoms with Crippen molar-refractivity contribution < 1.29 is 4.39 Å². The summed E-state index contributed by atoms with van der Waals surface area (Å²) in [6.07, 6.45) is 5.61. The number of hydrogen-bond acceptors (Lipinski definition) is 3. The molecule has 1 aliphatic heterocycles. The number of fused-ring (bicyclic) bond motifs is 2. The quantitative estimate of drug-likeness (QED) is 0.786. The molecular weight excluding hydrogens is 241 g/mol. The smallest absolute Gasteiger partial charge is 0.140 e. The molecule has 98 valence electrons. The lowest BCUT2D eigenvalue weighted by molar-refractivity contribution is 0.494. The molecule has 1 aromatic heterocycles. The third-order valence-corrected chi connectivity index (χ3v) is 4.60. The van der Waals surface area contributed by atoms with Crippen molar-refractivity contribution in [1.82, 2.24) is 9.97 Å². The maximum Gasteiger partial charge on any atom is 0.140 e. The highest BCUT2D eigenvalue weighted by atomic mass is 19.1. The van der Waals surface area contributed by atoms with E-state index in [1.54, 1.807) is 18.5 Å². The number of benzene rings is 1. The van der Waals surface area contributed by atoms with Gasteiger partial charge in [-0.05, 0) is 42.9 Å². The van der Waals surface area contributed by atoms with E-state index in [2.05, 4.69) is 14.9 Å². The summed E-state index contributed by atoms with van der Waals surface area (Å²) < 4.78 is 13.5. The van der Waals surface area contributed by atoms with Crippen LogP contribution >= 0.6 is 0 Å². The first-order valence-electron chi connectivity index (χ1n) is 6.96. The Morgan fingerprint density at radius 2 is 1.89 bits per heavy atom. The van der Waals surface area contributed by atoms with E-state index in [9.17, 15) is 4.39 Å². The largest absolute Gasteiger partial charge is 0.355 e. The average Bonchev–Trinajstić information content (AvgIpc) is 2.98. The normalized spacial score (nSPS) is 26.1. The second-order valence-electron chi connectivity index (χ2n) is 5.71. The van der Waals surface area contributed by atoms with E-state index in [1.807, 2.05) is 0 Å². The lowest BCUT2D eigenvalue weighted by Crippen LogP contribution is -2.22. The van der Waals surface area contributed by atoms with E-state index in [1.165, 1.54) is 25.3 Å². The molecule has 3 nitrogen and oxygen atoms in total. The van der Waals surface area contributed by atoms with Gasteiger partial charge in [0.15, 0.2) is 0 Å². The molecule has 1 saturated carbocycles. The van der Waals surface area contributed by atoms with E-state index in [4.69, 9.17) is 0 Å². The summed E-state index contributed by atoms with van der Waals surface area (Å²) in [6, 6.07) is 4.74. The van der Waals surface area contributed by atoms with Crippen LogP contribution in [0, 0.1) is 17.7 Å². The van der Waals surface area contributed by atoms with Crippen molar-refractivity contribution in [1.29, 1.82) is 0 Å². The number of hydrogen-bond donors (Lipinski definition) is 0. The van der Waals surface area contributed by atoms with Gasteiger partial charge >= 0.3 is 0 Å². The van der Waals surface area contributed by atoms with Crippen LogP contribution < -0.4 is 4.90 Å². The van der Waals surface area contributed by atoms with Crippen LogP contribution in [-0.4, -0.2) is 23.1 Å². The molecule has 0 amide bonds. The summed E-state index contributed by atoms with van der Waals surface area (Å²) in [4.78, 5) is 10.9. The topological polar surface area (TPSA) is 29.0 Å². The predicted molar refractivity (Wildman–Crippen MR) is 72.5 cm³/mol. The van der Waals surface area contributed by atoms with E-state index < -0.39 is 0 Å². The maximum atomic E-state index is 13.5. The van der Waals surface area contributed by atoms with Crippen LogP contribution in [0.15, 0.2) is 24.5 Å². The van der Waals surface area contributed by atoms with Crippen molar-refractivity contribution in [3.8, 4) is 0 Å². The van der Waals surface area contributed by atoms with Crippen LogP contribution in [-0.2, 0) is 0 Å². The molecule has 2 fully saturated rings. The van der Waals surface area contributed by atoms with Gasteiger partial charge in [-0.2, -0.15) is 0 Å². The van der Waals surface area contributed by atoms with Crippen molar-refractivity contribution in [3.05, 3.63) is 30.3 Å². The molecule has 2 aliphatic rings. The molecule has 2 heterocycles. The first kappa shape index (κ1) is 11.1. The molecular formula is C15H16FN3. The monoisotopic (exact) mass is 257 g/mol. The number of rotatable bonds is 1. The zero-order valence-electron chi connectivity index (χ0n) is 10.7. The van der Waals surface area contributed by atoms with Gasteiger partial charge in [-0.1, -0.05) is 6.42 Å².